The summed E-state index contributed by atoms with van der Waals surface area (Å²) in [6, 6.07) is 6.28. The maximum Gasteiger partial charge on any atom is 0.455 e. The summed E-state index contributed by atoms with van der Waals surface area (Å²) in [6.45, 7) is 1.09. The third kappa shape index (κ3) is 5.40. The molecule has 11 nitrogen and oxygen atoms in total. The third-order valence-electron chi connectivity index (χ3n) is 4.89. The molecule has 0 aliphatic carbocycles. The van der Waals surface area contributed by atoms with Crippen LogP contribution in [-0.4, -0.2) is 54.0 Å². The van der Waals surface area contributed by atoms with Crippen molar-refractivity contribution in [2.45, 2.75) is 19.6 Å². The topological polar surface area (TPSA) is 130 Å². The Morgan fingerprint density at radius 1 is 1.19 bits per heavy atom. The van der Waals surface area contributed by atoms with Crippen LogP contribution in [0, 0.1) is 12.7 Å². The fourth-order valence-electron chi connectivity index (χ4n) is 3.29. The van der Waals surface area contributed by atoms with E-state index in [1.807, 2.05) is 0 Å². The molecule has 3 aromatic heterocycles. The molecule has 1 amide bonds. The fourth-order valence-corrected chi connectivity index (χ4v) is 3.49. The number of hydrogen-bond donors (Lipinski definition) is 1. The van der Waals surface area contributed by atoms with Gasteiger partial charge in [-0.1, -0.05) is 11.6 Å². The predicted octanol–water partition coefficient (Wildman–Crippen LogP) is 3.46. The van der Waals surface area contributed by atoms with E-state index in [-0.39, 0.29) is 45.6 Å². The minimum absolute atomic E-state index is 0.0209. The molecule has 4 rings (SSSR count). The van der Waals surface area contributed by atoms with E-state index in [1.54, 1.807) is 6.07 Å². The number of aromatic nitrogens is 7. The van der Waals surface area contributed by atoms with Crippen LogP contribution in [0.2, 0.25) is 5.02 Å². The predicted molar refractivity (Wildman–Crippen MR) is 119 cm³/mol. The number of methoxy groups -OCH3 is 1. The van der Waals surface area contributed by atoms with E-state index < -0.39 is 29.7 Å². The quantitative estimate of drug-likeness (QED) is 0.292. The van der Waals surface area contributed by atoms with Gasteiger partial charge in [0.05, 0.1) is 29.1 Å². The van der Waals surface area contributed by atoms with Crippen molar-refractivity contribution in [3.05, 3.63) is 75.7 Å². The smallest absolute Gasteiger partial charge is 0.455 e. The lowest BCUT2D eigenvalue weighted by Crippen LogP contribution is -2.20. The van der Waals surface area contributed by atoms with Crippen LogP contribution in [0.3, 0.4) is 0 Å². The standard InChI is InChI=1S/C21H15ClF4N8O3/c1-10-6-11(23)7-13(19(36)37-2)16(10)28-18(35)15-8-12(9-33-31-20(29-32-33)21(24,25)26)30-34(15)17-14(22)4-3-5-27-17/h3-8H,9H2,1-2H3,(H,28,35). The van der Waals surface area contributed by atoms with Gasteiger partial charge in [0.25, 0.3) is 11.7 Å². The van der Waals surface area contributed by atoms with E-state index >= 15 is 0 Å². The lowest BCUT2D eigenvalue weighted by molar-refractivity contribution is -0.145. The monoisotopic (exact) mass is 538 g/mol. The Morgan fingerprint density at radius 2 is 1.95 bits per heavy atom. The molecule has 0 radical (unpaired) electrons. The number of carbonyl (C=O) groups is 2. The van der Waals surface area contributed by atoms with E-state index in [9.17, 15) is 27.2 Å². The number of aryl methyl sites for hydroxylation is 1. The number of hydrogen-bond acceptors (Lipinski definition) is 8. The van der Waals surface area contributed by atoms with Gasteiger partial charge in [0.2, 0.25) is 0 Å². The van der Waals surface area contributed by atoms with Crippen LogP contribution in [0.1, 0.15) is 37.9 Å². The summed E-state index contributed by atoms with van der Waals surface area (Å²) in [5, 5.41) is 16.5. The highest BCUT2D eigenvalue weighted by Gasteiger charge is 2.37. The van der Waals surface area contributed by atoms with Gasteiger partial charge < -0.3 is 10.1 Å². The second-order valence-electron chi connectivity index (χ2n) is 7.47. The summed E-state index contributed by atoms with van der Waals surface area (Å²) in [7, 11) is 1.10. The number of amides is 1. The number of benzene rings is 1. The average molecular weight is 539 g/mol. The first-order chi connectivity index (χ1) is 17.5. The molecule has 4 aromatic rings. The molecular formula is C21H15ClF4N8O3. The largest absolute Gasteiger partial charge is 0.465 e. The van der Waals surface area contributed by atoms with E-state index in [1.165, 1.54) is 25.3 Å². The molecular weight excluding hydrogens is 524 g/mol. The van der Waals surface area contributed by atoms with Gasteiger partial charge in [0.1, 0.15) is 18.1 Å². The van der Waals surface area contributed by atoms with Crippen LogP contribution < -0.4 is 5.32 Å². The van der Waals surface area contributed by atoms with Crippen molar-refractivity contribution in [1.29, 1.82) is 0 Å². The number of nitrogens with zero attached hydrogens (tertiary/aromatic N) is 7. The van der Waals surface area contributed by atoms with Crippen molar-refractivity contribution in [2.75, 3.05) is 12.4 Å². The fraction of sp³-hybridized carbons (Fsp3) is 0.190. The molecule has 1 N–H and O–H groups in total. The molecule has 0 bridgehead atoms. The first-order valence-electron chi connectivity index (χ1n) is 10.2. The molecule has 3 heterocycles. The first kappa shape index (κ1) is 25.7. The SMILES string of the molecule is COC(=O)c1cc(F)cc(C)c1NC(=O)c1cc(Cn2nnc(C(F)(F)F)n2)nn1-c1ncccc1Cl. The number of ether oxygens (including phenoxy) is 1. The summed E-state index contributed by atoms with van der Waals surface area (Å²) in [4.78, 5) is 30.3. The van der Waals surface area contributed by atoms with Crippen LogP contribution in [0.25, 0.3) is 5.82 Å². The van der Waals surface area contributed by atoms with Crippen LogP contribution in [-0.2, 0) is 17.5 Å². The number of esters is 1. The lowest BCUT2D eigenvalue weighted by atomic mass is 10.1. The highest BCUT2D eigenvalue weighted by atomic mass is 35.5. The van der Waals surface area contributed by atoms with Gasteiger partial charge in [0.15, 0.2) is 5.82 Å². The molecule has 0 fully saturated rings. The number of alkyl halides is 3. The Balaban J connectivity index is 1.75. The number of tetrazole rings is 1. The third-order valence-corrected chi connectivity index (χ3v) is 5.18. The van der Waals surface area contributed by atoms with Crippen LogP contribution in [0.4, 0.5) is 23.2 Å². The normalized spacial score (nSPS) is 11.4. The molecule has 0 aliphatic rings. The highest BCUT2D eigenvalue weighted by Crippen LogP contribution is 2.27. The van der Waals surface area contributed by atoms with Crippen LogP contribution >= 0.6 is 11.6 Å². The summed E-state index contributed by atoms with van der Waals surface area (Å²) >= 11 is 6.22. The van der Waals surface area contributed by atoms with Gasteiger partial charge in [-0.05, 0) is 48.0 Å². The molecule has 0 saturated carbocycles. The Kier molecular flexibility index (Phi) is 6.89. The van der Waals surface area contributed by atoms with Gasteiger partial charge in [-0.2, -0.15) is 23.1 Å². The number of pyridine rings is 1. The van der Waals surface area contributed by atoms with Gasteiger partial charge >= 0.3 is 12.1 Å². The van der Waals surface area contributed by atoms with Crippen molar-refractivity contribution in [2.24, 2.45) is 0 Å². The first-order valence-corrected chi connectivity index (χ1v) is 10.6. The van der Waals surface area contributed by atoms with E-state index in [4.69, 9.17) is 11.6 Å². The molecule has 1 aromatic carbocycles. The average Bonchev–Trinajstić information content (AvgIpc) is 3.48. The van der Waals surface area contributed by atoms with Crippen molar-refractivity contribution < 1.29 is 31.9 Å². The zero-order chi connectivity index (χ0) is 26.9. The second kappa shape index (κ2) is 9.93. The summed E-state index contributed by atoms with van der Waals surface area (Å²) in [5.74, 6) is -3.84. The van der Waals surface area contributed by atoms with E-state index in [2.05, 4.69) is 35.5 Å². The van der Waals surface area contributed by atoms with E-state index in [0.717, 1.165) is 23.9 Å². The minimum Gasteiger partial charge on any atom is -0.465 e. The van der Waals surface area contributed by atoms with Gasteiger partial charge in [-0.15, -0.1) is 10.2 Å². The molecule has 0 aliphatic heterocycles. The zero-order valence-corrected chi connectivity index (χ0v) is 19.7. The molecule has 0 saturated heterocycles. The maximum atomic E-state index is 13.9. The number of rotatable bonds is 6. The Morgan fingerprint density at radius 3 is 2.59 bits per heavy atom. The lowest BCUT2D eigenvalue weighted by Gasteiger charge is -2.14. The zero-order valence-electron chi connectivity index (χ0n) is 18.9. The molecule has 192 valence electrons. The summed E-state index contributed by atoms with van der Waals surface area (Å²) < 4.78 is 58.2. The highest BCUT2D eigenvalue weighted by molar-refractivity contribution is 6.32. The van der Waals surface area contributed by atoms with Crippen molar-refractivity contribution >= 4 is 29.2 Å². The van der Waals surface area contributed by atoms with Crippen molar-refractivity contribution in [3.8, 4) is 5.82 Å². The Labute approximate surface area is 210 Å². The van der Waals surface area contributed by atoms with Crippen molar-refractivity contribution in [1.82, 2.24) is 35.0 Å². The molecule has 0 spiro atoms. The second-order valence-corrected chi connectivity index (χ2v) is 7.88. The van der Waals surface area contributed by atoms with Crippen molar-refractivity contribution in [3.63, 3.8) is 0 Å². The molecule has 0 atom stereocenters. The Hall–Kier alpha value is -4.40. The van der Waals surface area contributed by atoms with Gasteiger partial charge in [-0.25, -0.2) is 18.9 Å². The Bertz CT molecular complexity index is 1500. The number of nitrogens with one attached hydrogen (secondary N) is 1. The van der Waals surface area contributed by atoms with Gasteiger partial charge in [-0.3, -0.25) is 4.79 Å². The molecule has 16 heteroatoms. The number of halogens is 5. The summed E-state index contributed by atoms with van der Waals surface area (Å²) in [6.07, 6.45) is -3.41. The molecule has 0 unspecified atom stereocenters. The number of anilines is 1. The van der Waals surface area contributed by atoms with Gasteiger partial charge in [0, 0.05) is 6.20 Å². The van der Waals surface area contributed by atoms with Crippen LogP contribution in [0.15, 0.2) is 36.5 Å². The number of carbonyl (C=O) groups excluding carboxylic acids is 2. The maximum absolute atomic E-state index is 13.9. The molecule has 37 heavy (non-hydrogen) atoms. The minimum atomic E-state index is -4.80. The summed E-state index contributed by atoms with van der Waals surface area (Å²) in [5.41, 5.74) is -0.134. The van der Waals surface area contributed by atoms with E-state index in [0.29, 0.717) is 4.80 Å². The van der Waals surface area contributed by atoms with Crippen LogP contribution in [0.5, 0.6) is 0 Å².